The van der Waals surface area contributed by atoms with E-state index >= 15 is 0 Å². The minimum Gasteiger partial charge on any atom is -0.439 e. The largest absolute Gasteiger partial charge is 0.439 e. The Kier molecular flexibility index (Phi) is 7.44. The van der Waals surface area contributed by atoms with E-state index in [4.69, 9.17) is 9.47 Å². The van der Waals surface area contributed by atoms with E-state index in [0.717, 1.165) is 6.07 Å². The molecule has 2 heterocycles. The lowest BCUT2D eigenvalue weighted by atomic mass is 10.1. The smallest absolute Gasteiger partial charge is 0.418 e. The molecule has 0 saturated carbocycles. The average Bonchev–Trinajstić information content (AvgIpc) is 2.85. The summed E-state index contributed by atoms with van der Waals surface area (Å²) in [6.07, 6.45) is -3.18. The first-order valence-electron chi connectivity index (χ1n) is 11.1. The second-order valence-electron chi connectivity index (χ2n) is 8.14. The molecule has 0 bridgehead atoms. The summed E-state index contributed by atoms with van der Waals surface area (Å²) in [6.45, 7) is 1.45. The van der Waals surface area contributed by atoms with Crippen LogP contribution in [0.1, 0.15) is 5.56 Å². The van der Waals surface area contributed by atoms with E-state index in [1.54, 1.807) is 35.2 Å². The number of hydrogen-bond acceptors (Lipinski definition) is 7. The molecule has 4 rings (SSSR count). The Morgan fingerprint density at radius 2 is 1.67 bits per heavy atom. The van der Waals surface area contributed by atoms with E-state index in [1.807, 2.05) is 19.0 Å². The van der Waals surface area contributed by atoms with Crippen LogP contribution in [0.4, 0.5) is 40.8 Å². The van der Waals surface area contributed by atoms with Crippen LogP contribution in [0.5, 0.6) is 11.6 Å². The van der Waals surface area contributed by atoms with E-state index in [-0.39, 0.29) is 11.4 Å². The van der Waals surface area contributed by atoms with Crippen LogP contribution in [-0.4, -0.2) is 56.4 Å². The highest BCUT2D eigenvalue weighted by atomic mass is 19.4. The molecule has 1 aliphatic heterocycles. The van der Waals surface area contributed by atoms with Gasteiger partial charge in [-0.25, -0.2) is 14.8 Å². The predicted octanol–water partition coefficient (Wildman–Crippen LogP) is 4.83. The van der Waals surface area contributed by atoms with Crippen LogP contribution in [0.25, 0.3) is 0 Å². The molecule has 36 heavy (non-hydrogen) atoms. The molecule has 0 unspecified atom stereocenters. The minimum absolute atomic E-state index is 0.0252. The van der Waals surface area contributed by atoms with Gasteiger partial charge in [0.15, 0.2) is 0 Å². The van der Waals surface area contributed by atoms with Crippen LogP contribution >= 0.6 is 0 Å². The van der Waals surface area contributed by atoms with Crippen molar-refractivity contribution in [2.45, 2.75) is 6.18 Å². The Bertz CT molecular complexity index is 1200. The van der Waals surface area contributed by atoms with Crippen molar-refractivity contribution in [1.82, 2.24) is 9.97 Å². The van der Waals surface area contributed by atoms with Gasteiger partial charge in [0, 0.05) is 50.3 Å². The number of nitrogens with one attached hydrogen (secondary N) is 2. The van der Waals surface area contributed by atoms with E-state index in [1.165, 1.54) is 18.5 Å². The van der Waals surface area contributed by atoms with Crippen molar-refractivity contribution < 1.29 is 27.4 Å². The van der Waals surface area contributed by atoms with Crippen LogP contribution in [0.3, 0.4) is 0 Å². The lowest BCUT2D eigenvalue weighted by molar-refractivity contribution is -0.137. The summed E-state index contributed by atoms with van der Waals surface area (Å²) < 4.78 is 52.1. The topological polar surface area (TPSA) is 91.9 Å². The van der Waals surface area contributed by atoms with Gasteiger partial charge in [-0.05, 0) is 42.5 Å². The Labute approximate surface area is 205 Å². The Morgan fingerprint density at radius 1 is 1.00 bits per heavy atom. The van der Waals surface area contributed by atoms with E-state index in [9.17, 15) is 18.0 Å². The summed E-state index contributed by atoms with van der Waals surface area (Å²) in [5, 5.41) is 5.05. The van der Waals surface area contributed by atoms with Crippen LogP contribution in [-0.2, 0) is 10.9 Å². The summed E-state index contributed by atoms with van der Waals surface area (Å²) in [5.74, 6) is 1.52. The van der Waals surface area contributed by atoms with Gasteiger partial charge in [0.2, 0.25) is 5.88 Å². The second kappa shape index (κ2) is 10.7. The predicted molar refractivity (Wildman–Crippen MR) is 130 cm³/mol. The standard InChI is InChI=1S/C24H25F3N6O3/c1-32(2)21-14-22(29-15-28-21)36-18-6-3-16(4-7-18)30-23(34)31-17-5-8-20(19(13-17)24(25,26)27)33-9-11-35-12-10-33/h3-8,13-15H,9-12H2,1-2H3,(H2,30,31,34). The summed E-state index contributed by atoms with van der Waals surface area (Å²) in [6, 6.07) is 11.2. The molecule has 0 atom stereocenters. The van der Waals surface area contributed by atoms with Gasteiger partial charge in [0.05, 0.1) is 18.8 Å². The van der Waals surface area contributed by atoms with Gasteiger partial charge in [0.1, 0.15) is 17.9 Å². The lowest BCUT2D eigenvalue weighted by Crippen LogP contribution is -2.37. The maximum atomic E-state index is 13.7. The second-order valence-corrected chi connectivity index (χ2v) is 8.14. The van der Waals surface area contributed by atoms with E-state index in [2.05, 4.69) is 20.6 Å². The summed E-state index contributed by atoms with van der Waals surface area (Å²) in [7, 11) is 3.69. The van der Waals surface area contributed by atoms with Crippen molar-refractivity contribution in [2.75, 3.05) is 60.8 Å². The molecule has 1 saturated heterocycles. The molecule has 1 aliphatic rings. The molecular formula is C24H25F3N6O3. The Morgan fingerprint density at radius 3 is 2.33 bits per heavy atom. The molecule has 2 amide bonds. The van der Waals surface area contributed by atoms with Gasteiger partial charge in [-0.1, -0.05) is 0 Å². The highest BCUT2D eigenvalue weighted by molar-refractivity contribution is 6.00. The number of benzene rings is 2. The number of amides is 2. The molecule has 190 valence electrons. The Hall–Kier alpha value is -4.06. The molecule has 9 nitrogen and oxygen atoms in total. The first kappa shape index (κ1) is 25.0. The van der Waals surface area contributed by atoms with E-state index in [0.29, 0.717) is 49.4 Å². The van der Waals surface area contributed by atoms with Crippen molar-refractivity contribution in [1.29, 1.82) is 0 Å². The van der Waals surface area contributed by atoms with Crippen molar-refractivity contribution in [3.63, 3.8) is 0 Å². The van der Waals surface area contributed by atoms with Crippen molar-refractivity contribution >= 4 is 28.9 Å². The van der Waals surface area contributed by atoms with Crippen molar-refractivity contribution in [2.24, 2.45) is 0 Å². The fourth-order valence-electron chi connectivity index (χ4n) is 3.57. The van der Waals surface area contributed by atoms with Crippen LogP contribution < -0.4 is 25.2 Å². The van der Waals surface area contributed by atoms with Gasteiger partial charge in [-0.15, -0.1) is 0 Å². The highest BCUT2D eigenvalue weighted by Gasteiger charge is 2.35. The Balaban J connectivity index is 1.40. The summed E-state index contributed by atoms with van der Waals surface area (Å²) in [4.78, 5) is 24.0. The number of urea groups is 1. The number of morpholine rings is 1. The SMILES string of the molecule is CN(C)c1cc(Oc2ccc(NC(=O)Nc3ccc(N4CCOCC4)c(C(F)(F)F)c3)cc2)ncn1. The first-order chi connectivity index (χ1) is 17.2. The minimum atomic E-state index is -4.57. The summed E-state index contributed by atoms with van der Waals surface area (Å²) in [5.41, 5.74) is -0.297. The molecule has 0 aliphatic carbocycles. The third-order valence-electron chi connectivity index (χ3n) is 5.33. The third kappa shape index (κ3) is 6.33. The zero-order valence-electron chi connectivity index (χ0n) is 19.7. The average molecular weight is 502 g/mol. The van der Waals surface area contributed by atoms with Crippen LogP contribution in [0, 0.1) is 0 Å². The number of carbonyl (C=O) groups is 1. The number of anilines is 4. The number of nitrogens with zero attached hydrogens (tertiary/aromatic N) is 4. The molecule has 1 fully saturated rings. The maximum absolute atomic E-state index is 13.7. The van der Waals surface area contributed by atoms with Gasteiger partial charge in [-0.2, -0.15) is 13.2 Å². The van der Waals surface area contributed by atoms with Gasteiger partial charge in [-0.3, -0.25) is 0 Å². The molecule has 2 aromatic carbocycles. The normalized spacial score (nSPS) is 13.8. The maximum Gasteiger partial charge on any atom is 0.418 e. The van der Waals surface area contributed by atoms with Gasteiger partial charge < -0.3 is 29.9 Å². The number of carbonyl (C=O) groups excluding carboxylic acids is 1. The first-order valence-corrected chi connectivity index (χ1v) is 11.1. The monoisotopic (exact) mass is 502 g/mol. The molecule has 0 radical (unpaired) electrons. The van der Waals surface area contributed by atoms with Gasteiger partial charge >= 0.3 is 12.2 Å². The number of ether oxygens (including phenoxy) is 2. The van der Waals surface area contributed by atoms with Crippen molar-refractivity contribution in [3.05, 3.63) is 60.4 Å². The van der Waals surface area contributed by atoms with Crippen molar-refractivity contribution in [3.8, 4) is 11.6 Å². The molecular weight excluding hydrogens is 477 g/mol. The number of rotatable bonds is 6. The van der Waals surface area contributed by atoms with Crippen LogP contribution in [0.2, 0.25) is 0 Å². The number of hydrogen-bond donors (Lipinski definition) is 2. The molecule has 1 aromatic heterocycles. The third-order valence-corrected chi connectivity index (χ3v) is 5.33. The zero-order valence-corrected chi connectivity index (χ0v) is 19.7. The van der Waals surface area contributed by atoms with Gasteiger partial charge in [0.25, 0.3) is 0 Å². The number of halogens is 3. The van der Waals surface area contributed by atoms with Crippen LogP contribution in [0.15, 0.2) is 54.9 Å². The van der Waals surface area contributed by atoms with E-state index < -0.39 is 17.8 Å². The molecule has 0 spiro atoms. The summed E-state index contributed by atoms with van der Waals surface area (Å²) >= 11 is 0. The fourth-order valence-corrected chi connectivity index (χ4v) is 3.57. The lowest BCUT2D eigenvalue weighted by Gasteiger charge is -2.31. The zero-order chi connectivity index (χ0) is 25.7. The molecule has 3 aromatic rings. The molecule has 2 N–H and O–H groups in total. The highest BCUT2D eigenvalue weighted by Crippen LogP contribution is 2.38. The fraction of sp³-hybridized carbons (Fsp3) is 0.292. The number of alkyl halides is 3. The quantitative estimate of drug-likeness (QED) is 0.499. The number of aromatic nitrogens is 2. The molecule has 12 heteroatoms.